The van der Waals surface area contributed by atoms with Gasteiger partial charge in [-0.3, -0.25) is 0 Å². The van der Waals surface area contributed by atoms with Gasteiger partial charge in [-0.2, -0.15) is 40.0 Å². The van der Waals surface area contributed by atoms with Gasteiger partial charge in [0, 0.05) is 6.07 Å². The lowest BCUT2D eigenvalue weighted by molar-refractivity contribution is -0.138. The third kappa shape index (κ3) is 6.56. The quantitative estimate of drug-likeness (QED) is 0.466. The van der Waals surface area contributed by atoms with Gasteiger partial charge in [-0.1, -0.05) is 12.1 Å². The monoisotopic (exact) mass is 439 g/mol. The van der Waals surface area contributed by atoms with Crippen molar-refractivity contribution in [3.8, 4) is 23.3 Å². The van der Waals surface area contributed by atoms with Crippen LogP contribution in [0.5, 0.6) is 17.2 Å². The van der Waals surface area contributed by atoms with E-state index in [9.17, 15) is 34.8 Å². The highest BCUT2D eigenvalue weighted by atomic mass is 32.2. The summed E-state index contributed by atoms with van der Waals surface area (Å²) in [5, 5.41) is 9.05. The van der Waals surface area contributed by atoms with Crippen LogP contribution in [0.25, 0.3) is 0 Å². The van der Waals surface area contributed by atoms with E-state index in [0.717, 1.165) is 24.3 Å². The summed E-state index contributed by atoms with van der Waals surface area (Å²) in [7, 11) is -4.57. The van der Waals surface area contributed by atoms with Crippen molar-refractivity contribution in [2.45, 2.75) is 18.8 Å². The third-order valence-electron chi connectivity index (χ3n) is 3.34. The summed E-state index contributed by atoms with van der Waals surface area (Å²) < 4.78 is 109. The predicted octanol–water partition coefficient (Wildman–Crippen LogP) is 5.03. The fraction of sp³-hybridized carbons (Fsp3) is 0.235. The van der Waals surface area contributed by atoms with E-state index in [4.69, 9.17) is 10.00 Å². The highest BCUT2D eigenvalue weighted by Crippen LogP contribution is 2.37. The van der Waals surface area contributed by atoms with Crippen molar-refractivity contribution in [2.24, 2.45) is 0 Å². The van der Waals surface area contributed by atoms with Crippen LogP contribution in [0.2, 0.25) is 0 Å². The minimum absolute atomic E-state index is 0.190. The lowest BCUT2D eigenvalue weighted by atomic mass is 10.1. The molecule has 156 valence electrons. The lowest BCUT2D eigenvalue weighted by Crippen LogP contribution is -2.20. The van der Waals surface area contributed by atoms with Crippen molar-refractivity contribution in [3.63, 3.8) is 0 Å². The van der Waals surface area contributed by atoms with Gasteiger partial charge in [0.05, 0.1) is 17.7 Å². The number of ether oxygens (including phenoxy) is 1. The number of hydrogen-bond acceptors (Lipinski definition) is 5. The van der Waals surface area contributed by atoms with Crippen LogP contribution in [0.3, 0.4) is 0 Å². The minimum atomic E-state index is -4.80. The molecule has 0 N–H and O–H groups in total. The van der Waals surface area contributed by atoms with Crippen molar-refractivity contribution >= 4 is 10.1 Å². The zero-order chi connectivity index (χ0) is 21.9. The molecule has 0 atom stereocenters. The largest absolute Gasteiger partial charge is 0.456 e. The fourth-order valence-electron chi connectivity index (χ4n) is 2.11. The van der Waals surface area contributed by atoms with E-state index in [0.29, 0.717) is 6.07 Å². The van der Waals surface area contributed by atoms with Crippen LogP contribution in [-0.4, -0.2) is 20.3 Å². The van der Waals surface area contributed by atoms with E-state index in [1.165, 1.54) is 18.2 Å². The zero-order valence-electron chi connectivity index (χ0n) is 14.2. The first-order valence-corrected chi connectivity index (χ1v) is 9.25. The Morgan fingerprint density at radius 2 is 1.59 bits per heavy atom. The molecule has 2 rings (SSSR count). The molecule has 0 aliphatic heterocycles. The number of alkyl halides is 6. The van der Waals surface area contributed by atoms with Crippen LogP contribution in [0, 0.1) is 11.3 Å². The number of benzene rings is 2. The van der Waals surface area contributed by atoms with Gasteiger partial charge in [0.1, 0.15) is 28.9 Å². The summed E-state index contributed by atoms with van der Waals surface area (Å²) >= 11 is 0. The SMILES string of the molecule is N#Cc1c(Oc2cccc(OS(=O)(=O)CCC(F)(F)F)c2)cccc1C(F)(F)F. The minimum Gasteiger partial charge on any atom is -0.456 e. The van der Waals surface area contributed by atoms with Crippen LogP contribution in [-0.2, 0) is 16.3 Å². The maximum atomic E-state index is 13.0. The molecule has 0 bridgehead atoms. The summed E-state index contributed by atoms with van der Waals surface area (Å²) in [6.45, 7) is 0. The Labute approximate surface area is 161 Å². The third-order valence-corrected chi connectivity index (χ3v) is 4.49. The number of nitriles is 1. The first kappa shape index (κ1) is 22.4. The van der Waals surface area contributed by atoms with Gasteiger partial charge < -0.3 is 8.92 Å². The molecule has 2 aromatic rings. The Kier molecular flexibility index (Phi) is 6.32. The molecule has 0 fully saturated rings. The predicted molar refractivity (Wildman–Crippen MR) is 87.8 cm³/mol. The van der Waals surface area contributed by atoms with Crippen LogP contribution in [0.4, 0.5) is 26.3 Å². The van der Waals surface area contributed by atoms with E-state index < -0.39 is 57.3 Å². The summed E-state index contributed by atoms with van der Waals surface area (Å²) in [6, 6.07) is 8.70. The summed E-state index contributed by atoms with van der Waals surface area (Å²) in [6.07, 6.45) is -11.1. The van der Waals surface area contributed by atoms with Gasteiger partial charge in [-0.25, -0.2) is 0 Å². The van der Waals surface area contributed by atoms with Crippen LogP contribution >= 0.6 is 0 Å². The molecule has 0 amide bonds. The number of nitrogens with zero attached hydrogens (tertiary/aromatic N) is 1. The van der Waals surface area contributed by atoms with Gasteiger partial charge in [-0.15, -0.1) is 0 Å². The molecule has 0 saturated carbocycles. The Balaban J connectivity index is 2.25. The smallest absolute Gasteiger partial charge is 0.417 e. The van der Waals surface area contributed by atoms with Gasteiger partial charge in [0.15, 0.2) is 0 Å². The molecule has 29 heavy (non-hydrogen) atoms. The van der Waals surface area contributed by atoms with Gasteiger partial charge >= 0.3 is 22.5 Å². The van der Waals surface area contributed by atoms with Crippen molar-refractivity contribution in [1.29, 1.82) is 5.26 Å². The normalized spacial score (nSPS) is 12.3. The molecule has 0 aromatic heterocycles. The molecule has 0 radical (unpaired) electrons. The maximum absolute atomic E-state index is 13.0. The van der Waals surface area contributed by atoms with Gasteiger partial charge in [0.25, 0.3) is 0 Å². The topological polar surface area (TPSA) is 76.4 Å². The molecule has 0 unspecified atom stereocenters. The van der Waals surface area contributed by atoms with E-state index in [1.807, 2.05) is 0 Å². The molecular weight excluding hydrogens is 428 g/mol. The van der Waals surface area contributed by atoms with E-state index in [1.54, 1.807) is 0 Å². The van der Waals surface area contributed by atoms with Crippen molar-refractivity contribution in [1.82, 2.24) is 0 Å². The number of rotatable bonds is 6. The molecule has 0 saturated heterocycles. The first-order valence-electron chi connectivity index (χ1n) is 7.68. The summed E-state index contributed by atoms with van der Waals surface area (Å²) in [4.78, 5) is 0. The standard InChI is InChI=1S/C17H11F6NO4S/c18-16(19,20)7-8-29(25,26)28-12-4-1-3-11(9-12)27-15-6-2-5-14(13(15)10-24)17(21,22)23/h1-6,9H,7-8H2. The molecule has 0 heterocycles. The zero-order valence-corrected chi connectivity index (χ0v) is 15.0. The molecule has 2 aromatic carbocycles. The second-order valence-electron chi connectivity index (χ2n) is 5.58. The number of hydrogen-bond donors (Lipinski definition) is 0. The van der Waals surface area contributed by atoms with Gasteiger partial charge in [0.2, 0.25) is 0 Å². The molecule has 0 aliphatic rings. The summed E-state index contributed by atoms with van der Waals surface area (Å²) in [5.41, 5.74) is -2.01. The molecule has 0 spiro atoms. The highest BCUT2D eigenvalue weighted by molar-refractivity contribution is 7.87. The second kappa shape index (κ2) is 8.20. The average Bonchev–Trinajstić information content (AvgIpc) is 2.58. The Morgan fingerprint density at radius 3 is 2.17 bits per heavy atom. The fourth-order valence-corrected chi connectivity index (χ4v) is 3.07. The first-order chi connectivity index (χ1) is 13.3. The Morgan fingerprint density at radius 1 is 0.966 bits per heavy atom. The molecule has 5 nitrogen and oxygen atoms in total. The van der Waals surface area contributed by atoms with Crippen molar-refractivity contribution in [2.75, 3.05) is 5.75 Å². The molecule has 0 aliphatic carbocycles. The molecular formula is C17H11F6NO4S. The van der Waals surface area contributed by atoms with Crippen molar-refractivity contribution in [3.05, 3.63) is 53.6 Å². The van der Waals surface area contributed by atoms with E-state index >= 15 is 0 Å². The maximum Gasteiger partial charge on any atom is 0.417 e. The summed E-state index contributed by atoms with van der Waals surface area (Å²) in [5.74, 6) is -2.35. The van der Waals surface area contributed by atoms with Gasteiger partial charge in [-0.05, 0) is 24.3 Å². The van der Waals surface area contributed by atoms with Crippen molar-refractivity contribution < 1.29 is 43.7 Å². The second-order valence-corrected chi connectivity index (χ2v) is 7.27. The molecule has 12 heteroatoms. The van der Waals surface area contributed by atoms with Crippen LogP contribution < -0.4 is 8.92 Å². The average molecular weight is 439 g/mol. The van der Waals surface area contributed by atoms with Crippen LogP contribution in [0.15, 0.2) is 42.5 Å². The van der Waals surface area contributed by atoms with E-state index in [2.05, 4.69) is 4.18 Å². The van der Waals surface area contributed by atoms with Crippen LogP contribution in [0.1, 0.15) is 17.5 Å². The Hall–Kier alpha value is -2.94. The highest BCUT2D eigenvalue weighted by Gasteiger charge is 2.35. The number of halogens is 6. The Bertz CT molecular complexity index is 1030. The van der Waals surface area contributed by atoms with E-state index in [-0.39, 0.29) is 5.75 Å². The lowest BCUT2D eigenvalue weighted by Gasteiger charge is -2.14.